The Labute approximate surface area is 129 Å². The van der Waals surface area contributed by atoms with Crippen LogP contribution in [-0.4, -0.2) is 15.5 Å². The summed E-state index contributed by atoms with van der Waals surface area (Å²) in [6, 6.07) is 12.7. The molecule has 0 atom stereocenters. The van der Waals surface area contributed by atoms with E-state index in [2.05, 4.69) is 4.98 Å². The Morgan fingerprint density at radius 3 is 2.43 bits per heavy atom. The zero-order valence-electron chi connectivity index (χ0n) is 11.8. The molecule has 0 aliphatic rings. The highest BCUT2D eigenvalue weighted by Crippen LogP contribution is 2.30. The maximum atomic E-state index is 12.8. The Bertz CT molecular complexity index is 869. The highest BCUT2D eigenvalue weighted by molar-refractivity contribution is 5.96. The van der Waals surface area contributed by atoms with Crippen molar-refractivity contribution in [1.29, 1.82) is 0 Å². The molecule has 3 rings (SSSR count). The first-order chi connectivity index (χ1) is 10.9. The van der Waals surface area contributed by atoms with Crippen molar-refractivity contribution in [3.8, 4) is 0 Å². The molecule has 4 nitrogen and oxygen atoms in total. The number of fused-ring (bicyclic) bond motifs is 1. The third kappa shape index (κ3) is 2.90. The lowest BCUT2D eigenvalue weighted by Crippen LogP contribution is -2.17. The van der Waals surface area contributed by atoms with Crippen molar-refractivity contribution in [1.82, 2.24) is 9.55 Å². The quantitative estimate of drug-likeness (QED) is 0.806. The molecule has 1 amide bonds. The summed E-state index contributed by atoms with van der Waals surface area (Å²) >= 11 is 0. The Balaban J connectivity index is 2.15. The Morgan fingerprint density at radius 2 is 1.83 bits per heavy atom. The van der Waals surface area contributed by atoms with Crippen LogP contribution in [0.3, 0.4) is 0 Å². The van der Waals surface area contributed by atoms with Gasteiger partial charge in [0, 0.05) is 6.54 Å². The number of hydrogen-bond acceptors (Lipinski definition) is 2. The zero-order chi connectivity index (χ0) is 16.6. The summed E-state index contributed by atoms with van der Waals surface area (Å²) in [5.74, 6) is -0.715. The first-order valence-electron chi connectivity index (χ1n) is 6.77. The Kier molecular flexibility index (Phi) is 3.55. The Morgan fingerprint density at radius 1 is 1.13 bits per heavy atom. The van der Waals surface area contributed by atoms with E-state index in [0.717, 1.165) is 11.6 Å². The molecule has 0 saturated heterocycles. The standard InChI is InChI=1S/C16H12F3N3O/c17-16(18,19)14-7-6-12-11(21-14)8-13(15(20)23)22(12)9-10-4-2-1-3-5-10/h1-8H,9H2,(H2,20,23). The number of carbonyl (C=O) groups is 1. The molecule has 0 spiro atoms. The molecule has 0 bridgehead atoms. The second kappa shape index (κ2) is 5.42. The molecule has 23 heavy (non-hydrogen) atoms. The predicted molar refractivity (Wildman–Crippen MR) is 78.8 cm³/mol. The van der Waals surface area contributed by atoms with Crippen LogP contribution >= 0.6 is 0 Å². The van der Waals surface area contributed by atoms with Crippen molar-refractivity contribution in [2.75, 3.05) is 0 Å². The van der Waals surface area contributed by atoms with E-state index in [9.17, 15) is 18.0 Å². The smallest absolute Gasteiger partial charge is 0.364 e. The number of alkyl halides is 3. The molecule has 2 N–H and O–H groups in total. The van der Waals surface area contributed by atoms with Crippen LogP contribution in [0.15, 0.2) is 48.5 Å². The summed E-state index contributed by atoms with van der Waals surface area (Å²) in [5.41, 5.74) is 5.88. The van der Waals surface area contributed by atoms with Crippen LogP contribution in [0.2, 0.25) is 0 Å². The van der Waals surface area contributed by atoms with Crippen LogP contribution < -0.4 is 5.73 Å². The van der Waals surface area contributed by atoms with Gasteiger partial charge in [0.1, 0.15) is 11.4 Å². The first-order valence-corrected chi connectivity index (χ1v) is 6.77. The number of carbonyl (C=O) groups excluding carboxylic acids is 1. The fourth-order valence-electron chi connectivity index (χ4n) is 2.44. The monoisotopic (exact) mass is 319 g/mol. The minimum absolute atomic E-state index is 0.0876. The molecule has 2 aromatic heterocycles. The van der Waals surface area contributed by atoms with E-state index < -0.39 is 17.8 Å². The van der Waals surface area contributed by atoms with Gasteiger partial charge in [-0.1, -0.05) is 30.3 Å². The van der Waals surface area contributed by atoms with Crippen LogP contribution in [0.5, 0.6) is 0 Å². The summed E-state index contributed by atoms with van der Waals surface area (Å²) in [7, 11) is 0. The summed E-state index contributed by atoms with van der Waals surface area (Å²) in [6.07, 6.45) is -4.54. The van der Waals surface area contributed by atoms with Gasteiger partial charge in [-0.2, -0.15) is 13.2 Å². The average molecular weight is 319 g/mol. The number of nitrogens with zero attached hydrogens (tertiary/aromatic N) is 2. The van der Waals surface area contributed by atoms with Crippen LogP contribution in [-0.2, 0) is 12.7 Å². The molecule has 0 fully saturated rings. The van der Waals surface area contributed by atoms with Crippen molar-refractivity contribution in [3.63, 3.8) is 0 Å². The van der Waals surface area contributed by atoms with Crippen molar-refractivity contribution >= 4 is 16.9 Å². The second-order valence-corrected chi connectivity index (χ2v) is 5.06. The van der Waals surface area contributed by atoms with E-state index >= 15 is 0 Å². The number of halogens is 3. The van der Waals surface area contributed by atoms with Crippen molar-refractivity contribution < 1.29 is 18.0 Å². The maximum absolute atomic E-state index is 12.8. The summed E-state index contributed by atoms with van der Waals surface area (Å²) in [6.45, 7) is 0.315. The lowest BCUT2D eigenvalue weighted by Gasteiger charge is -2.10. The normalized spacial score (nSPS) is 11.8. The van der Waals surface area contributed by atoms with Gasteiger partial charge in [-0.05, 0) is 23.8 Å². The second-order valence-electron chi connectivity index (χ2n) is 5.06. The van der Waals surface area contributed by atoms with Crippen molar-refractivity contribution in [2.24, 2.45) is 5.73 Å². The van der Waals surface area contributed by atoms with Crippen LogP contribution in [0, 0.1) is 0 Å². The number of hydrogen-bond donors (Lipinski definition) is 1. The Hall–Kier alpha value is -2.83. The lowest BCUT2D eigenvalue weighted by molar-refractivity contribution is -0.140. The number of amides is 1. The van der Waals surface area contributed by atoms with Crippen LogP contribution in [0.25, 0.3) is 11.0 Å². The number of pyridine rings is 1. The van der Waals surface area contributed by atoms with E-state index in [0.29, 0.717) is 12.1 Å². The highest BCUT2D eigenvalue weighted by Gasteiger charge is 2.33. The molecule has 0 unspecified atom stereocenters. The number of rotatable bonds is 3. The van der Waals surface area contributed by atoms with Crippen molar-refractivity contribution in [2.45, 2.75) is 12.7 Å². The highest BCUT2D eigenvalue weighted by atomic mass is 19.4. The summed E-state index contributed by atoms with van der Waals surface area (Å²) in [4.78, 5) is 15.2. The fraction of sp³-hybridized carbons (Fsp3) is 0.125. The van der Waals surface area contributed by atoms with Gasteiger partial charge in [-0.15, -0.1) is 0 Å². The van der Waals surface area contributed by atoms with Gasteiger partial charge in [0.2, 0.25) is 0 Å². The van der Waals surface area contributed by atoms with Crippen molar-refractivity contribution in [3.05, 3.63) is 65.5 Å². The van der Waals surface area contributed by atoms with E-state index in [1.54, 1.807) is 4.57 Å². The number of nitrogens with two attached hydrogens (primary N) is 1. The molecule has 0 radical (unpaired) electrons. The molecule has 3 aromatic rings. The zero-order valence-corrected chi connectivity index (χ0v) is 11.8. The minimum Gasteiger partial charge on any atom is -0.364 e. The van der Waals surface area contributed by atoms with E-state index in [1.165, 1.54) is 12.1 Å². The predicted octanol–water partition coefficient (Wildman–Crippen LogP) is 3.20. The average Bonchev–Trinajstić information content (AvgIpc) is 2.86. The van der Waals surface area contributed by atoms with E-state index in [4.69, 9.17) is 5.73 Å². The molecule has 7 heteroatoms. The SMILES string of the molecule is NC(=O)c1cc2nc(C(F)(F)F)ccc2n1Cc1ccccc1. The topological polar surface area (TPSA) is 60.9 Å². The van der Waals surface area contributed by atoms with E-state index in [1.807, 2.05) is 30.3 Å². The summed E-state index contributed by atoms with van der Waals surface area (Å²) in [5, 5.41) is 0. The molecular formula is C16H12F3N3O. The van der Waals surface area contributed by atoms with Gasteiger partial charge in [-0.25, -0.2) is 4.98 Å². The van der Waals surface area contributed by atoms with Crippen LogP contribution in [0.1, 0.15) is 21.7 Å². The third-order valence-electron chi connectivity index (χ3n) is 3.48. The van der Waals surface area contributed by atoms with Crippen LogP contribution in [0.4, 0.5) is 13.2 Å². The minimum atomic E-state index is -4.54. The molecule has 0 saturated carbocycles. The largest absolute Gasteiger partial charge is 0.433 e. The van der Waals surface area contributed by atoms with Gasteiger partial charge in [0.25, 0.3) is 5.91 Å². The third-order valence-corrected chi connectivity index (χ3v) is 3.48. The molecule has 0 aliphatic carbocycles. The molecule has 1 aromatic carbocycles. The number of primary amides is 1. The molecule has 118 valence electrons. The number of aromatic nitrogens is 2. The molecule has 2 heterocycles. The van der Waals surface area contributed by atoms with Gasteiger partial charge in [0.15, 0.2) is 0 Å². The summed E-state index contributed by atoms with van der Waals surface area (Å²) < 4.78 is 39.9. The fourth-order valence-corrected chi connectivity index (χ4v) is 2.44. The van der Waals surface area contributed by atoms with Gasteiger partial charge in [0.05, 0.1) is 11.0 Å². The maximum Gasteiger partial charge on any atom is 0.433 e. The molecule has 0 aliphatic heterocycles. The molecular weight excluding hydrogens is 307 g/mol. The van der Waals surface area contributed by atoms with Gasteiger partial charge < -0.3 is 10.3 Å². The van der Waals surface area contributed by atoms with Gasteiger partial charge >= 0.3 is 6.18 Å². The number of benzene rings is 1. The first kappa shape index (κ1) is 15.1. The van der Waals surface area contributed by atoms with Gasteiger partial charge in [-0.3, -0.25) is 4.79 Å². The lowest BCUT2D eigenvalue weighted by atomic mass is 10.2. The van der Waals surface area contributed by atoms with E-state index in [-0.39, 0.29) is 11.2 Å².